The highest BCUT2D eigenvalue weighted by atomic mass is 31.2. The largest absolute Gasteiger partial charge is 0.454 e. The molecule has 162 valence electrons. The third kappa shape index (κ3) is 5.23. The van der Waals surface area contributed by atoms with E-state index in [9.17, 15) is 13.8 Å². The van der Waals surface area contributed by atoms with E-state index in [0.717, 1.165) is 5.56 Å². The molecule has 0 aliphatic carbocycles. The van der Waals surface area contributed by atoms with Gasteiger partial charge in [0.25, 0.3) is 5.91 Å². The number of ether oxygens (including phenoxy) is 4. The van der Waals surface area contributed by atoms with E-state index in [1.165, 1.54) is 13.8 Å². The Kier molecular flexibility index (Phi) is 7.79. The van der Waals surface area contributed by atoms with Crippen LogP contribution in [0.25, 0.3) is 0 Å². The van der Waals surface area contributed by atoms with Crippen LogP contribution in [0.4, 0.5) is 4.39 Å². The molecule has 10 heteroatoms. The van der Waals surface area contributed by atoms with Gasteiger partial charge in [0.2, 0.25) is 0 Å². The van der Waals surface area contributed by atoms with Gasteiger partial charge in [-0.15, -0.1) is 0 Å². The van der Waals surface area contributed by atoms with Crippen LogP contribution in [0.3, 0.4) is 0 Å². The van der Waals surface area contributed by atoms with Gasteiger partial charge in [0.1, 0.15) is 18.3 Å². The molecule has 2 aliphatic heterocycles. The molecule has 0 amide bonds. The third-order valence-electron chi connectivity index (χ3n) is 4.63. The number of esters is 1. The average molecular weight is 432 g/mol. The minimum atomic E-state index is -4.26. The van der Waals surface area contributed by atoms with E-state index in [1.807, 2.05) is 30.3 Å². The fourth-order valence-electron chi connectivity index (χ4n) is 3.31. The number of halogens is 1. The van der Waals surface area contributed by atoms with Gasteiger partial charge in [-0.1, -0.05) is 30.3 Å². The monoisotopic (exact) mass is 432 g/mol. The quantitative estimate of drug-likeness (QED) is 0.412. The molecule has 0 radical (unpaired) electrons. The van der Waals surface area contributed by atoms with Crippen molar-refractivity contribution in [1.29, 1.82) is 0 Å². The first-order valence-electron chi connectivity index (χ1n) is 9.60. The van der Waals surface area contributed by atoms with Gasteiger partial charge >= 0.3 is 13.6 Å². The second-order valence-electron chi connectivity index (χ2n) is 6.62. The fourth-order valence-corrected chi connectivity index (χ4v) is 4.69. The summed E-state index contributed by atoms with van der Waals surface area (Å²) in [5.74, 6) is -3.85. The van der Waals surface area contributed by atoms with Gasteiger partial charge in [0.05, 0.1) is 33.0 Å². The Labute approximate surface area is 169 Å². The molecule has 1 unspecified atom stereocenters. The number of carbonyl (C=O) groups excluding carboxylic acids is 1. The second-order valence-corrected chi connectivity index (χ2v) is 8.67. The normalized spacial score (nSPS) is 27.6. The minimum Gasteiger partial charge on any atom is -0.454 e. The first-order valence-corrected chi connectivity index (χ1v) is 11.2. The summed E-state index contributed by atoms with van der Waals surface area (Å²) >= 11 is 0. The number of hydrogen-bond acceptors (Lipinski definition) is 8. The molecule has 0 saturated carbocycles. The van der Waals surface area contributed by atoms with Crippen LogP contribution in [-0.4, -0.2) is 62.7 Å². The van der Waals surface area contributed by atoms with Crippen molar-refractivity contribution in [2.45, 2.75) is 50.8 Å². The Morgan fingerprint density at radius 1 is 1.10 bits per heavy atom. The molecule has 1 aromatic carbocycles. The molecule has 3 rings (SSSR count). The lowest BCUT2D eigenvalue weighted by Crippen LogP contribution is -2.36. The highest BCUT2D eigenvalue weighted by Gasteiger charge is 2.52. The Bertz CT molecular complexity index is 707. The van der Waals surface area contributed by atoms with Crippen molar-refractivity contribution in [3.8, 4) is 0 Å². The SMILES string of the molecule is CCOP(=O)(OCC)C(F)C(=O)O[C@H]1CO[C@H]2[C@@H]1OC[C@H]2OCc1ccccc1. The van der Waals surface area contributed by atoms with E-state index in [-0.39, 0.29) is 32.5 Å². The number of alkyl halides is 1. The maximum absolute atomic E-state index is 14.5. The number of carbonyl (C=O) groups is 1. The van der Waals surface area contributed by atoms with Crippen LogP contribution in [0.1, 0.15) is 19.4 Å². The van der Waals surface area contributed by atoms with Gasteiger partial charge in [-0.05, 0) is 19.4 Å². The van der Waals surface area contributed by atoms with Crippen molar-refractivity contribution in [1.82, 2.24) is 0 Å². The third-order valence-corrected chi connectivity index (χ3v) is 6.63. The van der Waals surface area contributed by atoms with Crippen molar-refractivity contribution in [3.05, 3.63) is 35.9 Å². The van der Waals surface area contributed by atoms with Crippen molar-refractivity contribution < 1.29 is 41.7 Å². The Morgan fingerprint density at radius 2 is 1.69 bits per heavy atom. The standard InChI is InChI=1S/C19H26FO8P/c1-3-26-29(22,27-4-2)18(20)19(21)28-15-12-25-16-14(11-24-17(15)16)23-10-13-8-6-5-7-9-13/h5-9,14-18H,3-4,10-12H2,1-2H3/t14-,15+,16-,17-,18?/m1/s1. The molecule has 0 spiro atoms. The van der Waals surface area contributed by atoms with Crippen molar-refractivity contribution in [2.24, 2.45) is 0 Å². The van der Waals surface area contributed by atoms with Gasteiger partial charge < -0.3 is 28.0 Å². The predicted molar refractivity (Wildman–Crippen MR) is 100 cm³/mol. The van der Waals surface area contributed by atoms with E-state index in [2.05, 4.69) is 0 Å². The van der Waals surface area contributed by atoms with E-state index in [4.69, 9.17) is 28.0 Å². The molecule has 5 atom stereocenters. The van der Waals surface area contributed by atoms with Crippen molar-refractivity contribution in [3.63, 3.8) is 0 Å². The molecule has 2 fully saturated rings. The van der Waals surface area contributed by atoms with E-state index in [1.54, 1.807) is 0 Å². The second kappa shape index (κ2) is 10.1. The van der Waals surface area contributed by atoms with E-state index in [0.29, 0.717) is 6.61 Å². The number of fused-ring (bicyclic) bond motifs is 1. The molecule has 1 aromatic rings. The molecular formula is C19H26FO8P. The zero-order chi connectivity index (χ0) is 20.9. The number of rotatable bonds is 10. The van der Waals surface area contributed by atoms with Crippen molar-refractivity contribution in [2.75, 3.05) is 26.4 Å². The zero-order valence-corrected chi connectivity index (χ0v) is 17.3. The van der Waals surface area contributed by atoms with Crippen LogP contribution in [-0.2, 0) is 44.0 Å². The molecule has 29 heavy (non-hydrogen) atoms. The maximum atomic E-state index is 14.5. The van der Waals surface area contributed by atoms with Crippen LogP contribution in [0.15, 0.2) is 30.3 Å². The van der Waals surface area contributed by atoms with Crippen LogP contribution in [0, 0.1) is 0 Å². The summed E-state index contributed by atoms with van der Waals surface area (Å²) in [5, 5.41) is 0. The van der Waals surface area contributed by atoms with Crippen LogP contribution in [0.2, 0.25) is 0 Å². The minimum absolute atomic E-state index is 0.0343. The topological polar surface area (TPSA) is 89.5 Å². The lowest BCUT2D eigenvalue weighted by Gasteiger charge is -2.22. The molecular weight excluding hydrogens is 406 g/mol. The summed E-state index contributed by atoms with van der Waals surface area (Å²) in [7, 11) is -4.26. The lowest BCUT2D eigenvalue weighted by atomic mass is 10.1. The molecule has 0 aromatic heterocycles. The van der Waals surface area contributed by atoms with Crippen LogP contribution >= 0.6 is 7.60 Å². The fraction of sp³-hybridized carbons (Fsp3) is 0.632. The molecule has 8 nitrogen and oxygen atoms in total. The maximum Gasteiger partial charge on any atom is 0.376 e. The molecule has 2 saturated heterocycles. The Hall–Kier alpha value is -1.35. The summed E-state index contributed by atoms with van der Waals surface area (Å²) < 4.78 is 59.1. The number of hydrogen-bond donors (Lipinski definition) is 0. The van der Waals surface area contributed by atoms with Crippen LogP contribution < -0.4 is 0 Å². The van der Waals surface area contributed by atoms with Gasteiger partial charge in [0, 0.05) is 0 Å². The Morgan fingerprint density at radius 3 is 2.31 bits per heavy atom. The van der Waals surface area contributed by atoms with Crippen LogP contribution in [0.5, 0.6) is 0 Å². The number of benzene rings is 1. The Balaban J connectivity index is 1.54. The highest BCUT2D eigenvalue weighted by Crippen LogP contribution is 2.54. The predicted octanol–water partition coefficient (Wildman–Crippen LogP) is 2.84. The average Bonchev–Trinajstić information content (AvgIpc) is 3.30. The lowest BCUT2D eigenvalue weighted by molar-refractivity contribution is -0.157. The summed E-state index contributed by atoms with van der Waals surface area (Å²) in [6.07, 6.45) is -2.17. The summed E-state index contributed by atoms with van der Waals surface area (Å²) in [4.78, 5) is 12.2. The van der Waals surface area contributed by atoms with Crippen molar-refractivity contribution >= 4 is 13.6 Å². The summed E-state index contributed by atoms with van der Waals surface area (Å²) in [6.45, 7) is 3.63. The first kappa shape index (κ1) is 22.3. The van der Waals surface area contributed by atoms with Gasteiger partial charge in [-0.2, -0.15) is 0 Å². The summed E-state index contributed by atoms with van der Waals surface area (Å²) in [5.41, 5.74) is 1.01. The molecule has 0 N–H and O–H groups in total. The van der Waals surface area contributed by atoms with Gasteiger partial charge in [-0.3, -0.25) is 4.57 Å². The molecule has 2 aliphatic rings. The molecule has 0 bridgehead atoms. The van der Waals surface area contributed by atoms with Gasteiger partial charge in [0.15, 0.2) is 6.10 Å². The van der Waals surface area contributed by atoms with Gasteiger partial charge in [-0.25, -0.2) is 9.18 Å². The van der Waals surface area contributed by atoms with E-state index >= 15 is 0 Å². The van der Waals surface area contributed by atoms with E-state index < -0.39 is 37.8 Å². The zero-order valence-electron chi connectivity index (χ0n) is 16.4. The summed E-state index contributed by atoms with van der Waals surface area (Å²) in [6, 6.07) is 9.66. The first-order chi connectivity index (χ1) is 14.0. The highest BCUT2D eigenvalue weighted by molar-refractivity contribution is 7.55. The molecule has 2 heterocycles. The smallest absolute Gasteiger partial charge is 0.376 e.